The van der Waals surface area contributed by atoms with Crippen molar-refractivity contribution in [2.24, 2.45) is 0 Å². The number of benzene rings is 2. The zero-order valence-electron chi connectivity index (χ0n) is 18.8. The van der Waals surface area contributed by atoms with Crippen LogP contribution in [0.3, 0.4) is 0 Å². The summed E-state index contributed by atoms with van der Waals surface area (Å²) in [6.07, 6.45) is 0. The summed E-state index contributed by atoms with van der Waals surface area (Å²) < 4.78 is 16.1. The van der Waals surface area contributed by atoms with Crippen LogP contribution >= 0.6 is 11.6 Å². The Bertz CT molecular complexity index is 1110. The van der Waals surface area contributed by atoms with Crippen LogP contribution in [0, 0.1) is 6.92 Å². The number of nitrogens with one attached hydrogen (secondary N) is 1. The van der Waals surface area contributed by atoms with E-state index >= 15 is 0 Å². The van der Waals surface area contributed by atoms with Crippen LogP contribution in [0.5, 0.6) is 11.5 Å². The number of halogens is 1. The van der Waals surface area contributed by atoms with E-state index in [1.807, 2.05) is 31.2 Å². The number of ether oxygens (including phenoxy) is 2. The summed E-state index contributed by atoms with van der Waals surface area (Å²) in [4.78, 5) is 21.1. The van der Waals surface area contributed by atoms with Crippen molar-refractivity contribution in [2.75, 3.05) is 45.7 Å². The van der Waals surface area contributed by atoms with Crippen molar-refractivity contribution in [3.05, 3.63) is 52.8 Å². The first-order chi connectivity index (χ1) is 15.9. The van der Waals surface area contributed by atoms with Crippen LogP contribution in [0.25, 0.3) is 11.5 Å². The quantitative estimate of drug-likeness (QED) is 0.579. The summed E-state index contributed by atoms with van der Waals surface area (Å²) in [6, 6.07) is 10.8. The zero-order chi connectivity index (χ0) is 23.4. The standard InChI is InChI=1S/C23H26ClN5O4/c1-15-4-5-17(12-20(15)24)25-23(30)29-8-6-28(7-9-29)14-21-26-22(33-27-21)16-10-18(31-2)13-19(11-16)32-3/h4-5,10-13H,6-9,14H2,1-3H3,(H,25,30). The van der Waals surface area contributed by atoms with Crippen molar-refractivity contribution in [3.8, 4) is 23.0 Å². The maximum atomic E-state index is 12.6. The van der Waals surface area contributed by atoms with E-state index < -0.39 is 0 Å². The van der Waals surface area contributed by atoms with E-state index in [4.69, 9.17) is 25.6 Å². The van der Waals surface area contributed by atoms with Gasteiger partial charge in [-0.25, -0.2) is 4.79 Å². The lowest BCUT2D eigenvalue weighted by atomic mass is 10.2. The van der Waals surface area contributed by atoms with Gasteiger partial charge in [-0.15, -0.1) is 0 Å². The molecule has 33 heavy (non-hydrogen) atoms. The number of rotatable bonds is 6. The number of aryl methyl sites for hydroxylation is 1. The van der Waals surface area contributed by atoms with Gasteiger partial charge in [0.15, 0.2) is 5.82 Å². The maximum absolute atomic E-state index is 12.6. The molecule has 0 saturated carbocycles. The predicted molar refractivity (Wildman–Crippen MR) is 125 cm³/mol. The molecule has 1 aliphatic heterocycles. The summed E-state index contributed by atoms with van der Waals surface area (Å²) >= 11 is 6.15. The number of anilines is 1. The minimum absolute atomic E-state index is 0.136. The van der Waals surface area contributed by atoms with Crippen LogP contribution in [0.4, 0.5) is 10.5 Å². The molecule has 0 aliphatic carbocycles. The van der Waals surface area contributed by atoms with Gasteiger partial charge >= 0.3 is 6.03 Å². The van der Waals surface area contributed by atoms with Gasteiger partial charge < -0.3 is 24.2 Å². The van der Waals surface area contributed by atoms with Crippen LogP contribution in [-0.2, 0) is 6.54 Å². The summed E-state index contributed by atoms with van der Waals surface area (Å²) in [5.74, 6) is 2.27. The summed E-state index contributed by atoms with van der Waals surface area (Å²) in [7, 11) is 3.18. The Morgan fingerprint density at radius 1 is 1.09 bits per heavy atom. The Balaban J connectivity index is 1.32. The molecule has 0 bridgehead atoms. The van der Waals surface area contributed by atoms with E-state index in [9.17, 15) is 4.79 Å². The van der Waals surface area contributed by atoms with Gasteiger partial charge in [0.05, 0.1) is 20.8 Å². The smallest absolute Gasteiger partial charge is 0.321 e. The Labute approximate surface area is 197 Å². The molecule has 3 aromatic rings. The molecule has 9 nitrogen and oxygen atoms in total. The van der Waals surface area contributed by atoms with Crippen molar-refractivity contribution in [3.63, 3.8) is 0 Å². The first-order valence-electron chi connectivity index (χ1n) is 10.6. The number of piperazine rings is 1. The lowest BCUT2D eigenvalue weighted by molar-refractivity contribution is 0.140. The van der Waals surface area contributed by atoms with Crippen molar-refractivity contribution < 1.29 is 18.8 Å². The van der Waals surface area contributed by atoms with Gasteiger partial charge in [-0.2, -0.15) is 4.98 Å². The highest BCUT2D eigenvalue weighted by molar-refractivity contribution is 6.31. The van der Waals surface area contributed by atoms with E-state index in [2.05, 4.69) is 20.4 Å². The molecule has 10 heteroatoms. The number of hydrogen-bond acceptors (Lipinski definition) is 7. The van der Waals surface area contributed by atoms with Gasteiger partial charge in [0.1, 0.15) is 11.5 Å². The average molecular weight is 472 g/mol. The van der Waals surface area contributed by atoms with Gasteiger partial charge in [0.25, 0.3) is 5.89 Å². The number of carbonyl (C=O) groups excluding carboxylic acids is 1. The SMILES string of the molecule is COc1cc(OC)cc(-c2nc(CN3CCN(C(=O)Nc4ccc(C)c(Cl)c4)CC3)no2)c1. The van der Waals surface area contributed by atoms with Gasteiger partial charge in [0.2, 0.25) is 0 Å². The van der Waals surface area contributed by atoms with Crippen LogP contribution in [0.2, 0.25) is 5.02 Å². The highest BCUT2D eigenvalue weighted by Gasteiger charge is 2.23. The minimum atomic E-state index is -0.136. The fraction of sp³-hybridized carbons (Fsp3) is 0.348. The molecule has 0 radical (unpaired) electrons. The molecule has 2 aromatic carbocycles. The third kappa shape index (κ3) is 5.55. The van der Waals surface area contributed by atoms with Gasteiger partial charge in [-0.3, -0.25) is 4.90 Å². The molecular formula is C23H26ClN5O4. The number of aromatic nitrogens is 2. The number of hydrogen-bond donors (Lipinski definition) is 1. The maximum Gasteiger partial charge on any atom is 0.321 e. The molecule has 2 heterocycles. The lowest BCUT2D eigenvalue weighted by Gasteiger charge is -2.34. The topological polar surface area (TPSA) is 93.0 Å². The number of carbonyl (C=O) groups is 1. The lowest BCUT2D eigenvalue weighted by Crippen LogP contribution is -2.49. The molecule has 174 valence electrons. The van der Waals surface area contributed by atoms with Crippen molar-refractivity contribution in [1.29, 1.82) is 0 Å². The molecule has 1 N–H and O–H groups in total. The van der Waals surface area contributed by atoms with Crippen molar-refractivity contribution >= 4 is 23.3 Å². The van der Waals surface area contributed by atoms with E-state index in [1.165, 1.54) is 0 Å². The fourth-order valence-corrected chi connectivity index (χ4v) is 3.73. The number of nitrogens with zero attached hydrogens (tertiary/aromatic N) is 4. The second-order valence-electron chi connectivity index (χ2n) is 7.77. The number of urea groups is 1. The molecular weight excluding hydrogens is 446 g/mol. The second kappa shape index (κ2) is 10.1. The average Bonchev–Trinajstić information content (AvgIpc) is 3.30. The molecule has 0 spiro atoms. The molecule has 0 unspecified atom stereocenters. The largest absolute Gasteiger partial charge is 0.497 e. The molecule has 1 fully saturated rings. The summed E-state index contributed by atoms with van der Waals surface area (Å²) in [5.41, 5.74) is 2.38. The van der Waals surface area contributed by atoms with E-state index in [-0.39, 0.29) is 6.03 Å². The first kappa shape index (κ1) is 22.9. The first-order valence-corrected chi connectivity index (χ1v) is 10.9. The molecule has 2 amide bonds. The third-order valence-electron chi connectivity index (χ3n) is 5.51. The van der Waals surface area contributed by atoms with Gasteiger partial charge in [0, 0.05) is 48.5 Å². The van der Waals surface area contributed by atoms with E-state index in [1.54, 1.807) is 31.3 Å². The Morgan fingerprint density at radius 3 is 2.42 bits per heavy atom. The number of amides is 2. The van der Waals surface area contributed by atoms with Crippen LogP contribution in [0.15, 0.2) is 40.9 Å². The summed E-state index contributed by atoms with van der Waals surface area (Å²) in [6.45, 7) is 5.07. The van der Waals surface area contributed by atoms with Crippen LogP contribution < -0.4 is 14.8 Å². The molecule has 1 aromatic heterocycles. The normalized spacial score (nSPS) is 14.2. The van der Waals surface area contributed by atoms with E-state index in [0.29, 0.717) is 66.6 Å². The molecule has 4 rings (SSSR count). The second-order valence-corrected chi connectivity index (χ2v) is 8.18. The summed E-state index contributed by atoms with van der Waals surface area (Å²) in [5, 5.41) is 7.65. The van der Waals surface area contributed by atoms with E-state index in [0.717, 1.165) is 11.1 Å². The predicted octanol–water partition coefficient (Wildman–Crippen LogP) is 4.07. The highest BCUT2D eigenvalue weighted by atomic mass is 35.5. The van der Waals surface area contributed by atoms with Crippen molar-refractivity contribution in [2.45, 2.75) is 13.5 Å². The fourth-order valence-electron chi connectivity index (χ4n) is 3.55. The zero-order valence-corrected chi connectivity index (χ0v) is 19.6. The Morgan fingerprint density at radius 2 is 1.79 bits per heavy atom. The number of methoxy groups -OCH3 is 2. The minimum Gasteiger partial charge on any atom is -0.497 e. The van der Waals surface area contributed by atoms with Crippen LogP contribution in [-0.4, -0.2) is 66.4 Å². The third-order valence-corrected chi connectivity index (χ3v) is 5.92. The molecule has 1 aliphatic rings. The Hall–Kier alpha value is -3.30. The highest BCUT2D eigenvalue weighted by Crippen LogP contribution is 2.29. The van der Waals surface area contributed by atoms with Gasteiger partial charge in [-0.05, 0) is 36.8 Å². The van der Waals surface area contributed by atoms with Gasteiger partial charge in [-0.1, -0.05) is 22.8 Å². The molecule has 0 atom stereocenters. The van der Waals surface area contributed by atoms with Crippen molar-refractivity contribution in [1.82, 2.24) is 19.9 Å². The van der Waals surface area contributed by atoms with Crippen LogP contribution in [0.1, 0.15) is 11.4 Å². The molecule has 1 saturated heterocycles. The Kier molecular flexibility index (Phi) is 7.00. The monoisotopic (exact) mass is 471 g/mol.